The molecule has 4 atom stereocenters. The van der Waals surface area contributed by atoms with Crippen molar-refractivity contribution in [2.24, 2.45) is 22.2 Å². The topological polar surface area (TPSA) is 46.2 Å². The molecule has 2 aromatic rings. The summed E-state index contributed by atoms with van der Waals surface area (Å²) >= 11 is 6.15. The van der Waals surface area contributed by atoms with Crippen molar-refractivity contribution in [2.75, 3.05) is 5.32 Å². The molecule has 138 valence electrons. The number of halogens is 1. The van der Waals surface area contributed by atoms with Crippen LogP contribution >= 0.6 is 11.6 Å². The van der Waals surface area contributed by atoms with Gasteiger partial charge in [-0.05, 0) is 54.2 Å². The van der Waals surface area contributed by atoms with Gasteiger partial charge in [-0.25, -0.2) is 0 Å². The monoisotopic (exact) mass is 379 g/mol. The number of amides is 1. The standard InChI is InChI=1S/C23H22ClNO2/c1-21-13-23(18(21)10-11-22(21,23)2)20(27)25-17-9-8-15(24)12-16(17)19(26)14-6-4-3-5-7-14/h3-9,12,18H,10-11,13H2,1-2H3,(H,25,27)/t18-,21+,22+,23-/m1/s1. The lowest BCUT2D eigenvalue weighted by molar-refractivity contribution is -0.326. The van der Waals surface area contributed by atoms with E-state index < -0.39 is 0 Å². The van der Waals surface area contributed by atoms with E-state index in [0.29, 0.717) is 33.2 Å². The lowest BCUT2D eigenvalue weighted by atomic mass is 9.21. The summed E-state index contributed by atoms with van der Waals surface area (Å²) in [6.45, 7) is 4.59. The largest absolute Gasteiger partial charge is 0.325 e. The summed E-state index contributed by atoms with van der Waals surface area (Å²) < 4.78 is 0. The summed E-state index contributed by atoms with van der Waals surface area (Å²) in [5.41, 5.74) is 1.75. The minimum absolute atomic E-state index is 0.0701. The molecule has 5 aliphatic rings. The summed E-state index contributed by atoms with van der Waals surface area (Å²) in [6, 6.07) is 14.2. The Morgan fingerprint density at radius 2 is 1.85 bits per heavy atom. The molecular weight excluding hydrogens is 358 g/mol. The second-order valence-electron chi connectivity index (χ2n) is 8.83. The Balaban J connectivity index is 1.47. The van der Waals surface area contributed by atoms with Crippen molar-refractivity contribution in [2.45, 2.75) is 33.1 Å². The number of nitrogens with one attached hydrogen (secondary N) is 1. The fourth-order valence-electron chi connectivity index (χ4n) is 6.51. The van der Waals surface area contributed by atoms with Crippen LogP contribution in [-0.4, -0.2) is 11.7 Å². The van der Waals surface area contributed by atoms with Crippen LogP contribution in [0.5, 0.6) is 0 Å². The summed E-state index contributed by atoms with van der Waals surface area (Å²) in [4.78, 5) is 26.3. The van der Waals surface area contributed by atoms with Crippen molar-refractivity contribution in [1.82, 2.24) is 0 Å². The zero-order valence-electron chi connectivity index (χ0n) is 15.5. The van der Waals surface area contributed by atoms with Gasteiger partial charge in [0.15, 0.2) is 5.78 Å². The second kappa shape index (κ2) is 5.23. The maximum absolute atomic E-state index is 13.3. The second-order valence-corrected chi connectivity index (χ2v) is 9.26. The molecule has 5 aliphatic carbocycles. The number of rotatable bonds is 4. The maximum Gasteiger partial charge on any atom is 0.231 e. The van der Waals surface area contributed by atoms with Crippen molar-refractivity contribution in [3.05, 3.63) is 64.7 Å². The highest BCUT2D eigenvalue weighted by atomic mass is 35.5. The lowest BCUT2D eigenvalue weighted by Crippen LogP contribution is -2.81. The number of fused-ring (bicyclic) bond motifs is 1. The van der Waals surface area contributed by atoms with Gasteiger partial charge in [0.05, 0.1) is 11.1 Å². The molecule has 3 nitrogen and oxygen atoms in total. The van der Waals surface area contributed by atoms with Crippen molar-refractivity contribution in [3.8, 4) is 0 Å². The van der Waals surface area contributed by atoms with Gasteiger partial charge >= 0.3 is 0 Å². The smallest absolute Gasteiger partial charge is 0.231 e. The number of hydrogen-bond acceptors (Lipinski definition) is 2. The van der Waals surface area contributed by atoms with Crippen molar-refractivity contribution >= 4 is 29.0 Å². The average Bonchev–Trinajstić information content (AvgIpc) is 3.06. The predicted octanol–water partition coefficient (Wildman–Crippen LogP) is 5.34. The molecule has 0 aromatic heterocycles. The van der Waals surface area contributed by atoms with Crippen LogP contribution in [0, 0.1) is 22.2 Å². The van der Waals surface area contributed by atoms with Crippen molar-refractivity contribution < 1.29 is 9.59 Å². The van der Waals surface area contributed by atoms with E-state index in [1.54, 1.807) is 30.3 Å². The van der Waals surface area contributed by atoms with E-state index in [-0.39, 0.29) is 22.5 Å². The van der Waals surface area contributed by atoms with Crippen LogP contribution in [0.15, 0.2) is 48.5 Å². The Morgan fingerprint density at radius 1 is 1.11 bits per heavy atom. The van der Waals surface area contributed by atoms with Crippen molar-refractivity contribution in [3.63, 3.8) is 0 Å². The molecule has 4 bridgehead atoms. The summed E-state index contributed by atoms with van der Waals surface area (Å²) in [7, 11) is 0. The Bertz CT molecular complexity index is 987. The van der Waals surface area contributed by atoms with Gasteiger partial charge in [-0.3, -0.25) is 9.59 Å². The SMILES string of the molecule is C[C@]12CC[C@@H]3[C@]1(C)C[C@]32C(=O)Nc1ccc(Cl)cc1C(=O)c1ccccc1. The van der Waals surface area contributed by atoms with Gasteiger partial charge in [-0.2, -0.15) is 0 Å². The van der Waals surface area contributed by atoms with Gasteiger partial charge in [0, 0.05) is 16.1 Å². The Labute approximate surface area is 164 Å². The molecule has 2 aromatic carbocycles. The first-order valence-electron chi connectivity index (χ1n) is 9.54. The van der Waals surface area contributed by atoms with Gasteiger partial charge < -0.3 is 5.32 Å². The van der Waals surface area contributed by atoms with Crippen LogP contribution < -0.4 is 5.32 Å². The molecule has 1 amide bonds. The normalized spacial score (nSPS) is 35.1. The Morgan fingerprint density at radius 3 is 2.48 bits per heavy atom. The molecule has 5 saturated carbocycles. The van der Waals surface area contributed by atoms with Gasteiger partial charge in [0.1, 0.15) is 0 Å². The van der Waals surface area contributed by atoms with E-state index in [1.165, 1.54) is 0 Å². The molecule has 5 fully saturated rings. The molecule has 0 heterocycles. The fraction of sp³-hybridized carbons (Fsp3) is 0.391. The third-order valence-corrected chi connectivity index (χ3v) is 8.34. The molecule has 4 heteroatoms. The number of ketones is 1. The Kier molecular flexibility index (Phi) is 3.29. The first-order chi connectivity index (χ1) is 12.8. The van der Waals surface area contributed by atoms with Crippen LogP contribution in [0.2, 0.25) is 5.02 Å². The molecular formula is C23H22ClNO2. The zero-order valence-corrected chi connectivity index (χ0v) is 16.3. The van der Waals surface area contributed by atoms with Gasteiger partial charge in [-0.15, -0.1) is 0 Å². The summed E-state index contributed by atoms with van der Waals surface area (Å²) in [5.74, 6) is 0.420. The number of benzene rings is 2. The zero-order chi connectivity index (χ0) is 19.0. The Hall–Kier alpha value is -2.13. The molecule has 0 spiro atoms. The predicted molar refractivity (Wildman–Crippen MR) is 106 cm³/mol. The van der Waals surface area contributed by atoms with Crippen molar-refractivity contribution in [1.29, 1.82) is 0 Å². The van der Waals surface area contributed by atoms with Crippen LogP contribution in [0.3, 0.4) is 0 Å². The van der Waals surface area contributed by atoms with E-state index >= 15 is 0 Å². The van der Waals surface area contributed by atoms with Gasteiger partial charge in [0.2, 0.25) is 5.91 Å². The molecule has 7 rings (SSSR count). The van der Waals surface area contributed by atoms with Crippen LogP contribution in [-0.2, 0) is 4.79 Å². The van der Waals surface area contributed by atoms with E-state index in [1.807, 2.05) is 18.2 Å². The lowest BCUT2D eigenvalue weighted by Gasteiger charge is -2.81. The maximum atomic E-state index is 13.3. The average molecular weight is 380 g/mol. The van der Waals surface area contributed by atoms with E-state index in [0.717, 1.165) is 19.3 Å². The van der Waals surface area contributed by atoms with Crippen LogP contribution in [0.1, 0.15) is 49.0 Å². The minimum atomic E-state index is -0.256. The summed E-state index contributed by atoms with van der Waals surface area (Å²) in [5, 5.41) is 3.58. The van der Waals surface area contributed by atoms with Gasteiger partial charge in [0.25, 0.3) is 0 Å². The van der Waals surface area contributed by atoms with Crippen LogP contribution in [0.4, 0.5) is 5.69 Å². The number of anilines is 1. The minimum Gasteiger partial charge on any atom is -0.325 e. The van der Waals surface area contributed by atoms with E-state index in [4.69, 9.17) is 11.6 Å². The quantitative estimate of drug-likeness (QED) is 0.729. The highest BCUT2D eigenvalue weighted by Gasteiger charge is 2.91. The van der Waals surface area contributed by atoms with E-state index in [9.17, 15) is 9.59 Å². The third-order valence-electron chi connectivity index (χ3n) is 8.10. The van der Waals surface area contributed by atoms with Gasteiger partial charge in [-0.1, -0.05) is 55.8 Å². The third kappa shape index (κ3) is 1.84. The molecule has 27 heavy (non-hydrogen) atoms. The summed E-state index contributed by atoms with van der Waals surface area (Å²) in [6.07, 6.45) is 3.22. The molecule has 0 saturated heterocycles. The highest BCUT2D eigenvalue weighted by Crippen LogP contribution is 2.93. The number of hydrogen-bond donors (Lipinski definition) is 1. The molecule has 0 unspecified atom stereocenters. The molecule has 0 aliphatic heterocycles. The molecule has 0 radical (unpaired) electrons. The number of carbonyl (C=O) groups excluding carboxylic acids is 2. The van der Waals surface area contributed by atoms with E-state index in [2.05, 4.69) is 19.2 Å². The fourth-order valence-corrected chi connectivity index (χ4v) is 6.68. The van der Waals surface area contributed by atoms with Crippen LogP contribution in [0.25, 0.3) is 0 Å². The first-order valence-corrected chi connectivity index (χ1v) is 9.92. The first kappa shape index (κ1) is 17.0. The number of carbonyl (C=O) groups is 2. The highest BCUT2D eigenvalue weighted by molar-refractivity contribution is 6.31. The molecule has 1 N–H and O–H groups in total.